The molecule has 0 aromatic carbocycles. The molecule has 0 saturated carbocycles. The van der Waals surface area contributed by atoms with E-state index in [-0.39, 0.29) is 18.0 Å². The number of hydrogen-bond donors (Lipinski definition) is 3. The van der Waals surface area contributed by atoms with Crippen molar-refractivity contribution in [2.24, 2.45) is 22.2 Å². The number of ether oxygens (including phenoxy) is 1. The highest BCUT2D eigenvalue weighted by Crippen LogP contribution is 2.18. The van der Waals surface area contributed by atoms with E-state index in [1.165, 1.54) is 128 Å². The number of allylic oxidation sites excluding steroid dienone is 8. The van der Waals surface area contributed by atoms with E-state index in [2.05, 4.69) is 67.4 Å². The van der Waals surface area contributed by atoms with Crippen LogP contribution in [-0.4, -0.2) is 30.6 Å². The number of guanidine groups is 1. The Labute approximate surface area is 303 Å². The van der Waals surface area contributed by atoms with E-state index < -0.39 is 6.04 Å². The standard InChI is InChI=1S/C43H80N4O2/c1-3-5-7-9-11-13-15-17-19-21-23-25-27-29-31-33-36-40(49-42(48)41(44)38-35-39-47-43(45)46)37-34-32-30-28-26-24-22-20-18-16-14-12-10-8-6-4-2/h11-14,17-20,40-41H,3-10,15-16,21-39,44H2,1-2H3,(H4,45,46,47)/t40?,41-/m0/s1. The smallest absolute Gasteiger partial charge is 0.323 e. The zero-order chi connectivity index (χ0) is 35.9. The lowest BCUT2D eigenvalue weighted by atomic mass is 10.0. The molecule has 0 radical (unpaired) electrons. The van der Waals surface area contributed by atoms with Crippen LogP contribution in [0.4, 0.5) is 0 Å². The quantitative estimate of drug-likeness (QED) is 0.0200. The third-order valence-corrected chi connectivity index (χ3v) is 9.01. The number of hydrogen-bond acceptors (Lipinski definition) is 4. The maximum atomic E-state index is 12.8. The predicted molar refractivity (Wildman–Crippen MR) is 216 cm³/mol. The van der Waals surface area contributed by atoms with E-state index in [1.807, 2.05) is 0 Å². The summed E-state index contributed by atoms with van der Waals surface area (Å²) in [6.07, 6.45) is 51.2. The maximum Gasteiger partial charge on any atom is 0.323 e. The van der Waals surface area contributed by atoms with Gasteiger partial charge in [-0.1, -0.05) is 140 Å². The molecule has 0 spiro atoms. The van der Waals surface area contributed by atoms with Gasteiger partial charge in [0.15, 0.2) is 5.96 Å². The van der Waals surface area contributed by atoms with E-state index in [1.54, 1.807) is 0 Å². The number of aliphatic imine (C=N–C) groups is 1. The molecule has 0 aliphatic heterocycles. The fourth-order valence-corrected chi connectivity index (χ4v) is 5.87. The molecule has 284 valence electrons. The summed E-state index contributed by atoms with van der Waals surface area (Å²) in [5, 5.41) is 0. The zero-order valence-corrected chi connectivity index (χ0v) is 32.3. The number of esters is 1. The van der Waals surface area contributed by atoms with E-state index in [0.717, 1.165) is 38.5 Å². The normalized spacial score (nSPS) is 13.3. The van der Waals surface area contributed by atoms with Crippen molar-refractivity contribution < 1.29 is 9.53 Å². The van der Waals surface area contributed by atoms with Crippen molar-refractivity contribution in [3.05, 3.63) is 48.6 Å². The first-order chi connectivity index (χ1) is 24.0. The summed E-state index contributed by atoms with van der Waals surface area (Å²) >= 11 is 0. The van der Waals surface area contributed by atoms with Gasteiger partial charge in [-0.15, -0.1) is 0 Å². The van der Waals surface area contributed by atoms with Gasteiger partial charge in [-0.2, -0.15) is 0 Å². The summed E-state index contributed by atoms with van der Waals surface area (Å²) in [6, 6.07) is -0.622. The Hall–Kier alpha value is -2.34. The van der Waals surface area contributed by atoms with Gasteiger partial charge in [-0.05, 0) is 103 Å². The van der Waals surface area contributed by atoms with Crippen LogP contribution >= 0.6 is 0 Å². The van der Waals surface area contributed by atoms with Crippen LogP contribution in [0, 0.1) is 0 Å². The second kappa shape index (κ2) is 38.5. The molecule has 0 aliphatic carbocycles. The number of carbonyl (C=O) groups is 1. The Morgan fingerprint density at radius 1 is 0.531 bits per heavy atom. The largest absolute Gasteiger partial charge is 0.461 e. The van der Waals surface area contributed by atoms with Crippen LogP contribution in [0.2, 0.25) is 0 Å². The first-order valence-corrected chi connectivity index (χ1v) is 20.6. The topological polar surface area (TPSA) is 117 Å². The molecule has 6 N–H and O–H groups in total. The Morgan fingerprint density at radius 2 is 0.918 bits per heavy atom. The van der Waals surface area contributed by atoms with Crippen LogP contribution < -0.4 is 17.2 Å². The van der Waals surface area contributed by atoms with Gasteiger partial charge in [-0.3, -0.25) is 9.79 Å². The molecule has 0 rings (SSSR count). The Bertz CT molecular complexity index is 812. The van der Waals surface area contributed by atoms with Crippen LogP contribution in [0.15, 0.2) is 53.6 Å². The van der Waals surface area contributed by atoms with Crippen LogP contribution in [0.25, 0.3) is 0 Å². The van der Waals surface area contributed by atoms with Crippen molar-refractivity contribution in [1.29, 1.82) is 0 Å². The summed E-state index contributed by atoms with van der Waals surface area (Å²) in [6.45, 7) is 4.98. The summed E-state index contributed by atoms with van der Waals surface area (Å²) in [4.78, 5) is 16.8. The molecule has 1 atom stereocenters. The maximum absolute atomic E-state index is 12.8. The number of unbranched alkanes of at least 4 members (excludes halogenated alkanes) is 18. The van der Waals surface area contributed by atoms with E-state index in [4.69, 9.17) is 21.9 Å². The Kier molecular flexibility index (Phi) is 36.6. The van der Waals surface area contributed by atoms with E-state index in [9.17, 15) is 4.79 Å². The summed E-state index contributed by atoms with van der Waals surface area (Å²) in [5.74, 6) is -0.215. The minimum Gasteiger partial charge on any atom is -0.461 e. The highest BCUT2D eigenvalue weighted by molar-refractivity contribution is 5.76. The lowest BCUT2D eigenvalue weighted by Crippen LogP contribution is -2.35. The molecule has 6 heteroatoms. The van der Waals surface area contributed by atoms with Gasteiger partial charge in [-0.25, -0.2) is 0 Å². The first-order valence-electron chi connectivity index (χ1n) is 20.6. The fraction of sp³-hybridized carbons (Fsp3) is 0.767. The van der Waals surface area contributed by atoms with Crippen molar-refractivity contribution in [3.8, 4) is 0 Å². The molecule has 0 fully saturated rings. The minimum atomic E-state index is -0.622. The molecule has 0 unspecified atom stereocenters. The monoisotopic (exact) mass is 685 g/mol. The van der Waals surface area contributed by atoms with Crippen LogP contribution in [0.5, 0.6) is 0 Å². The van der Waals surface area contributed by atoms with Gasteiger partial charge in [0.25, 0.3) is 0 Å². The van der Waals surface area contributed by atoms with Gasteiger partial charge in [0, 0.05) is 6.54 Å². The lowest BCUT2D eigenvalue weighted by molar-refractivity contribution is -0.151. The predicted octanol–water partition coefficient (Wildman–Crippen LogP) is 11.7. The van der Waals surface area contributed by atoms with Gasteiger partial charge in [0.2, 0.25) is 0 Å². The molecule has 0 aromatic heterocycles. The molecule has 0 amide bonds. The van der Waals surface area contributed by atoms with Gasteiger partial charge < -0.3 is 21.9 Å². The molecular formula is C43H80N4O2. The van der Waals surface area contributed by atoms with Gasteiger partial charge in [0.1, 0.15) is 12.1 Å². The average molecular weight is 685 g/mol. The van der Waals surface area contributed by atoms with E-state index in [0.29, 0.717) is 19.4 Å². The highest BCUT2D eigenvalue weighted by Gasteiger charge is 2.20. The van der Waals surface area contributed by atoms with Crippen LogP contribution in [0.1, 0.15) is 194 Å². The molecule has 0 aromatic rings. The fourth-order valence-electron chi connectivity index (χ4n) is 5.87. The average Bonchev–Trinajstić information content (AvgIpc) is 3.09. The zero-order valence-electron chi connectivity index (χ0n) is 32.3. The first kappa shape index (κ1) is 46.7. The second-order valence-corrected chi connectivity index (χ2v) is 13.9. The van der Waals surface area contributed by atoms with Crippen molar-refractivity contribution in [2.45, 2.75) is 206 Å². The number of nitrogens with zero attached hydrogens (tertiary/aromatic N) is 1. The molecule has 0 saturated heterocycles. The van der Waals surface area contributed by atoms with Crippen molar-refractivity contribution in [1.82, 2.24) is 0 Å². The van der Waals surface area contributed by atoms with Crippen LogP contribution in [-0.2, 0) is 9.53 Å². The number of rotatable bonds is 36. The summed E-state index contributed by atoms with van der Waals surface area (Å²) in [7, 11) is 0. The van der Waals surface area contributed by atoms with Gasteiger partial charge in [0.05, 0.1) is 0 Å². The molecular weight excluding hydrogens is 604 g/mol. The Morgan fingerprint density at radius 3 is 1.33 bits per heavy atom. The molecule has 49 heavy (non-hydrogen) atoms. The molecule has 0 bridgehead atoms. The number of nitrogens with two attached hydrogens (primary N) is 3. The molecule has 0 heterocycles. The third kappa shape index (κ3) is 36.8. The number of carbonyl (C=O) groups excluding carboxylic acids is 1. The summed E-state index contributed by atoms with van der Waals surface area (Å²) < 4.78 is 5.97. The minimum absolute atomic E-state index is 0.0343. The van der Waals surface area contributed by atoms with Crippen molar-refractivity contribution in [3.63, 3.8) is 0 Å². The second-order valence-electron chi connectivity index (χ2n) is 13.9. The SMILES string of the molecule is CCCCCC=CCC=CCCCCCCCCC(CCCCCCCCC=CCC=CCCCCC)OC(=O)[C@@H](N)CCCN=C(N)N. The van der Waals surface area contributed by atoms with Crippen LogP contribution in [0.3, 0.4) is 0 Å². The third-order valence-electron chi connectivity index (χ3n) is 9.01. The molecule has 0 aliphatic rings. The lowest BCUT2D eigenvalue weighted by Gasteiger charge is -2.20. The molecule has 6 nitrogen and oxygen atoms in total. The van der Waals surface area contributed by atoms with Gasteiger partial charge >= 0.3 is 5.97 Å². The Balaban J connectivity index is 4.23. The van der Waals surface area contributed by atoms with Crippen molar-refractivity contribution in [2.75, 3.05) is 6.54 Å². The van der Waals surface area contributed by atoms with Crippen molar-refractivity contribution >= 4 is 11.9 Å². The summed E-state index contributed by atoms with van der Waals surface area (Å²) in [5.41, 5.74) is 17.0. The highest BCUT2D eigenvalue weighted by atomic mass is 16.5. The van der Waals surface area contributed by atoms with E-state index >= 15 is 0 Å².